The van der Waals surface area contributed by atoms with E-state index in [-0.39, 0.29) is 5.54 Å². The van der Waals surface area contributed by atoms with E-state index in [2.05, 4.69) is 24.4 Å². The minimum Gasteiger partial charge on any atom is -0.298 e. The maximum atomic E-state index is 9.61. The predicted octanol–water partition coefficient (Wildman–Crippen LogP) is 4.25. The van der Waals surface area contributed by atoms with Crippen molar-refractivity contribution in [3.05, 3.63) is 34.9 Å². The fourth-order valence-electron chi connectivity index (χ4n) is 2.34. The lowest BCUT2D eigenvalue weighted by Gasteiger charge is -2.27. The first-order valence-electron chi connectivity index (χ1n) is 7.19. The molecule has 1 aromatic rings. The highest BCUT2D eigenvalue weighted by molar-refractivity contribution is 7.98. The third-order valence-corrected chi connectivity index (χ3v) is 5.25. The van der Waals surface area contributed by atoms with Crippen LogP contribution in [0.1, 0.15) is 31.7 Å². The molecule has 1 aromatic carbocycles. The molecule has 1 fully saturated rings. The second-order valence-electron chi connectivity index (χ2n) is 5.37. The van der Waals surface area contributed by atoms with Crippen LogP contribution in [0.4, 0.5) is 0 Å². The summed E-state index contributed by atoms with van der Waals surface area (Å²) in [6, 6.07) is 10.5. The van der Waals surface area contributed by atoms with Gasteiger partial charge in [-0.05, 0) is 43.4 Å². The summed E-state index contributed by atoms with van der Waals surface area (Å²) in [7, 11) is 0. The van der Waals surface area contributed by atoms with Gasteiger partial charge in [0, 0.05) is 16.5 Å². The quantitative estimate of drug-likeness (QED) is 0.780. The lowest BCUT2D eigenvalue weighted by molar-refractivity contribution is 0.405. The molecule has 0 heterocycles. The smallest absolute Gasteiger partial charge is 0.118 e. The summed E-state index contributed by atoms with van der Waals surface area (Å²) in [5, 5.41) is 13.9. The van der Waals surface area contributed by atoms with Crippen molar-refractivity contribution in [1.82, 2.24) is 5.32 Å². The molecule has 1 aliphatic rings. The van der Waals surface area contributed by atoms with Crippen LogP contribution in [-0.4, -0.2) is 17.8 Å². The average molecular weight is 309 g/mol. The van der Waals surface area contributed by atoms with Gasteiger partial charge in [-0.2, -0.15) is 17.0 Å². The molecule has 1 aliphatic carbocycles. The van der Waals surface area contributed by atoms with Gasteiger partial charge in [0.05, 0.1) is 6.07 Å². The molecule has 0 amide bonds. The minimum absolute atomic E-state index is 0.345. The van der Waals surface area contributed by atoms with Gasteiger partial charge in [-0.1, -0.05) is 36.7 Å². The van der Waals surface area contributed by atoms with Crippen molar-refractivity contribution >= 4 is 23.4 Å². The maximum Gasteiger partial charge on any atom is 0.118 e. The highest BCUT2D eigenvalue weighted by Gasteiger charge is 2.45. The zero-order valence-corrected chi connectivity index (χ0v) is 13.4. The van der Waals surface area contributed by atoms with Gasteiger partial charge in [0.1, 0.15) is 5.54 Å². The van der Waals surface area contributed by atoms with Gasteiger partial charge in [-0.25, -0.2) is 0 Å². The first-order valence-corrected chi connectivity index (χ1v) is 8.72. The van der Waals surface area contributed by atoms with E-state index in [0.717, 1.165) is 35.1 Å². The monoisotopic (exact) mass is 308 g/mol. The predicted molar refractivity (Wildman–Crippen MR) is 87.0 cm³/mol. The number of nitriles is 1. The maximum absolute atomic E-state index is 9.61. The molecule has 0 aliphatic heterocycles. The van der Waals surface area contributed by atoms with E-state index in [9.17, 15) is 5.26 Å². The second kappa shape index (κ2) is 7.36. The average Bonchev–Trinajstić information content (AvgIpc) is 3.30. The Hall–Kier alpha value is -0.690. The van der Waals surface area contributed by atoms with E-state index >= 15 is 0 Å². The molecule has 0 spiro atoms. The lowest BCUT2D eigenvalue weighted by atomic mass is 9.97. The first kappa shape index (κ1) is 15.7. The van der Waals surface area contributed by atoms with Crippen LogP contribution in [0, 0.1) is 17.2 Å². The van der Waals surface area contributed by atoms with Gasteiger partial charge in [0.15, 0.2) is 0 Å². The Morgan fingerprint density at radius 2 is 2.20 bits per heavy atom. The van der Waals surface area contributed by atoms with Gasteiger partial charge in [0.25, 0.3) is 0 Å². The van der Waals surface area contributed by atoms with Gasteiger partial charge in [-0.3, -0.25) is 5.32 Å². The molecule has 1 atom stereocenters. The Morgan fingerprint density at radius 3 is 2.80 bits per heavy atom. The largest absolute Gasteiger partial charge is 0.298 e. The van der Waals surface area contributed by atoms with Gasteiger partial charge in [0.2, 0.25) is 0 Å². The highest BCUT2D eigenvalue weighted by atomic mass is 35.5. The lowest BCUT2D eigenvalue weighted by Crippen LogP contribution is -2.48. The summed E-state index contributed by atoms with van der Waals surface area (Å²) in [4.78, 5) is 0. The zero-order chi connectivity index (χ0) is 14.4. The van der Waals surface area contributed by atoms with Crippen LogP contribution in [0.2, 0.25) is 5.02 Å². The van der Waals surface area contributed by atoms with E-state index in [1.165, 1.54) is 12.8 Å². The third kappa shape index (κ3) is 3.91. The molecule has 4 heteroatoms. The van der Waals surface area contributed by atoms with E-state index < -0.39 is 0 Å². The molecule has 20 heavy (non-hydrogen) atoms. The minimum atomic E-state index is -0.345. The number of nitrogens with zero attached hydrogens (tertiary/aromatic N) is 1. The molecule has 2 nitrogen and oxygen atoms in total. The van der Waals surface area contributed by atoms with Crippen molar-refractivity contribution in [1.29, 1.82) is 5.26 Å². The number of benzene rings is 1. The molecular formula is C16H21ClN2S. The number of halogens is 1. The fourth-order valence-corrected chi connectivity index (χ4v) is 3.92. The molecule has 1 N–H and O–H groups in total. The van der Waals surface area contributed by atoms with Crippen LogP contribution >= 0.6 is 23.4 Å². The van der Waals surface area contributed by atoms with Gasteiger partial charge >= 0.3 is 0 Å². The van der Waals surface area contributed by atoms with E-state index in [4.69, 9.17) is 11.6 Å². The van der Waals surface area contributed by atoms with Crippen LogP contribution in [0.3, 0.4) is 0 Å². The Balaban J connectivity index is 1.92. The molecule has 0 saturated heterocycles. The molecule has 0 bridgehead atoms. The Kier molecular flexibility index (Phi) is 5.77. The summed E-state index contributed by atoms with van der Waals surface area (Å²) in [6.45, 7) is 3.05. The molecular weight excluding hydrogens is 288 g/mol. The second-order valence-corrected chi connectivity index (χ2v) is 6.76. The van der Waals surface area contributed by atoms with Crippen LogP contribution in [0.25, 0.3) is 0 Å². The summed E-state index contributed by atoms with van der Waals surface area (Å²) >= 11 is 7.97. The summed E-state index contributed by atoms with van der Waals surface area (Å²) in [6.07, 6.45) is 3.42. The fraction of sp³-hybridized carbons (Fsp3) is 0.562. The molecule has 1 saturated carbocycles. The van der Waals surface area contributed by atoms with Crippen molar-refractivity contribution in [2.75, 3.05) is 12.3 Å². The Bertz CT molecular complexity index is 482. The van der Waals surface area contributed by atoms with Gasteiger partial charge < -0.3 is 0 Å². The van der Waals surface area contributed by atoms with Crippen molar-refractivity contribution in [2.24, 2.45) is 5.92 Å². The number of nitrogens with one attached hydrogen (secondary N) is 1. The number of hydrogen-bond donors (Lipinski definition) is 1. The molecule has 0 aromatic heterocycles. The zero-order valence-electron chi connectivity index (χ0n) is 11.9. The van der Waals surface area contributed by atoms with Gasteiger partial charge in [-0.15, -0.1) is 0 Å². The van der Waals surface area contributed by atoms with Crippen LogP contribution < -0.4 is 5.32 Å². The van der Waals surface area contributed by atoms with Crippen molar-refractivity contribution < 1.29 is 0 Å². The van der Waals surface area contributed by atoms with E-state index in [1.807, 2.05) is 18.2 Å². The summed E-state index contributed by atoms with van der Waals surface area (Å²) in [5.41, 5.74) is 0.805. The Morgan fingerprint density at radius 1 is 1.45 bits per heavy atom. The van der Waals surface area contributed by atoms with Crippen molar-refractivity contribution in [3.8, 4) is 6.07 Å². The normalized spacial score (nSPS) is 17.4. The molecule has 2 rings (SSSR count). The van der Waals surface area contributed by atoms with E-state index in [0.29, 0.717) is 5.92 Å². The van der Waals surface area contributed by atoms with Crippen molar-refractivity contribution in [3.63, 3.8) is 0 Å². The molecule has 1 unspecified atom stereocenters. The van der Waals surface area contributed by atoms with Crippen LogP contribution in [0.15, 0.2) is 24.3 Å². The van der Waals surface area contributed by atoms with E-state index in [1.54, 1.807) is 11.8 Å². The molecule has 0 radical (unpaired) electrons. The molecule has 108 valence electrons. The van der Waals surface area contributed by atoms with Crippen LogP contribution in [0.5, 0.6) is 0 Å². The number of thioether (sulfide) groups is 1. The Labute approximate surface area is 130 Å². The number of rotatable bonds is 8. The topological polar surface area (TPSA) is 35.8 Å². The SMILES string of the molecule is CCCNC(C#N)(CSCc1ccccc1Cl)C1CC1. The first-order chi connectivity index (χ1) is 9.72. The summed E-state index contributed by atoms with van der Waals surface area (Å²) in [5.74, 6) is 2.22. The number of hydrogen-bond acceptors (Lipinski definition) is 3. The summed E-state index contributed by atoms with van der Waals surface area (Å²) < 4.78 is 0. The highest BCUT2D eigenvalue weighted by Crippen LogP contribution is 2.41. The standard InChI is InChI=1S/C16H21ClN2S/c1-2-9-19-16(11-18,14-7-8-14)12-20-10-13-5-3-4-6-15(13)17/h3-6,14,19H,2,7-10,12H2,1H3. The third-order valence-electron chi connectivity index (χ3n) is 3.71. The van der Waals surface area contributed by atoms with Crippen molar-refractivity contribution in [2.45, 2.75) is 37.5 Å². The van der Waals surface area contributed by atoms with Crippen LogP contribution in [-0.2, 0) is 5.75 Å².